The third-order valence-corrected chi connectivity index (χ3v) is 3.72. The van der Waals surface area contributed by atoms with Crippen LogP contribution in [0.5, 0.6) is 0 Å². The minimum atomic E-state index is -0.187. The Hall–Kier alpha value is -1.94. The second-order valence-electron chi connectivity index (χ2n) is 4.72. The first-order valence-electron chi connectivity index (χ1n) is 7.02. The van der Waals surface area contributed by atoms with Gasteiger partial charge in [0.15, 0.2) is 6.29 Å². The fourth-order valence-corrected chi connectivity index (χ4v) is 2.49. The molecule has 20 heavy (non-hydrogen) atoms. The van der Waals surface area contributed by atoms with Gasteiger partial charge in [-0.3, -0.25) is 9.59 Å². The van der Waals surface area contributed by atoms with Gasteiger partial charge < -0.3 is 9.47 Å². The molecule has 0 saturated carbocycles. The van der Waals surface area contributed by atoms with Gasteiger partial charge in [-0.15, -0.1) is 0 Å². The molecule has 0 aromatic rings. The Bertz CT molecular complexity index is 614. The van der Waals surface area contributed by atoms with Crippen LogP contribution >= 0.6 is 0 Å². The van der Waals surface area contributed by atoms with Crippen LogP contribution in [-0.4, -0.2) is 35.4 Å². The van der Waals surface area contributed by atoms with E-state index in [0.717, 1.165) is 30.9 Å². The first kappa shape index (κ1) is 14.5. The highest BCUT2D eigenvalue weighted by atomic mass is 16.1. The van der Waals surface area contributed by atoms with E-state index in [2.05, 4.69) is 18.7 Å². The van der Waals surface area contributed by atoms with Crippen molar-refractivity contribution in [1.29, 1.82) is 0 Å². The molecular formula is C16H20N2O2. The van der Waals surface area contributed by atoms with Crippen molar-refractivity contribution in [3.8, 4) is 11.3 Å². The Morgan fingerprint density at radius 3 is 2.50 bits per heavy atom. The number of aldehydes is 1. The van der Waals surface area contributed by atoms with E-state index in [-0.39, 0.29) is 11.1 Å². The first-order chi connectivity index (χ1) is 9.72. The van der Waals surface area contributed by atoms with Gasteiger partial charge in [-0.25, -0.2) is 0 Å². The normalized spacial score (nSPS) is 11.2. The van der Waals surface area contributed by atoms with Crippen LogP contribution in [-0.2, 0) is 6.54 Å². The molecule has 2 aliphatic rings. The smallest absolute Gasteiger partial charge is 0.262 e. The molecule has 0 fully saturated rings. The molecule has 0 saturated heterocycles. The summed E-state index contributed by atoms with van der Waals surface area (Å²) in [5.41, 5.74) is 1.63. The Labute approximate surface area is 119 Å². The largest absolute Gasteiger partial charge is 0.306 e. The van der Waals surface area contributed by atoms with Gasteiger partial charge in [0.2, 0.25) is 0 Å². The fraction of sp³-hybridized carbons (Fsp3) is 0.375. The summed E-state index contributed by atoms with van der Waals surface area (Å²) in [7, 11) is 0. The summed E-state index contributed by atoms with van der Waals surface area (Å²) >= 11 is 0. The maximum absolute atomic E-state index is 12.3. The average molecular weight is 272 g/mol. The first-order valence-corrected chi connectivity index (χ1v) is 7.02. The predicted molar refractivity (Wildman–Crippen MR) is 80.5 cm³/mol. The molecule has 1 aliphatic carbocycles. The van der Waals surface area contributed by atoms with E-state index in [9.17, 15) is 9.59 Å². The van der Waals surface area contributed by atoms with Crippen molar-refractivity contribution in [2.75, 3.05) is 19.6 Å². The van der Waals surface area contributed by atoms with E-state index in [0.29, 0.717) is 12.8 Å². The van der Waals surface area contributed by atoms with Gasteiger partial charge in [-0.05, 0) is 19.2 Å². The highest BCUT2D eigenvalue weighted by Gasteiger charge is 2.18. The number of carbonyl (C=O) groups is 1. The highest BCUT2D eigenvalue weighted by molar-refractivity contribution is 5.87. The average Bonchev–Trinajstić information content (AvgIpc) is 2.62. The topological polar surface area (TPSA) is 42.3 Å². The molecule has 4 heteroatoms. The maximum Gasteiger partial charge on any atom is 0.262 e. The molecule has 1 heterocycles. The third-order valence-electron chi connectivity index (χ3n) is 3.72. The molecule has 0 atom stereocenters. The summed E-state index contributed by atoms with van der Waals surface area (Å²) in [5, 5.41) is 0. The number of carbonyl (C=O) groups excluding carboxylic acids is 1. The standard InChI is InChI=1S/C16H20N2O2/c1-3-17(4-2)10-11-18-15-9-7-5-6-8-13(15)14(12-19)16(18)20/h5-9,12H,3-4,10-11H2,1-2H3. The van der Waals surface area contributed by atoms with Gasteiger partial charge in [-0.1, -0.05) is 38.1 Å². The van der Waals surface area contributed by atoms with E-state index in [1.54, 1.807) is 4.57 Å². The van der Waals surface area contributed by atoms with Crippen molar-refractivity contribution >= 4 is 6.29 Å². The monoisotopic (exact) mass is 272 g/mol. The van der Waals surface area contributed by atoms with Gasteiger partial charge in [0.05, 0.1) is 11.3 Å². The molecule has 2 rings (SSSR count). The fourth-order valence-electron chi connectivity index (χ4n) is 2.49. The lowest BCUT2D eigenvalue weighted by atomic mass is 10.1. The van der Waals surface area contributed by atoms with Crippen molar-refractivity contribution in [2.24, 2.45) is 0 Å². The van der Waals surface area contributed by atoms with Crippen LogP contribution in [0.1, 0.15) is 24.2 Å². The SMILES string of the molecule is CCN(CC)CCn1c2cccccc-2c(C=O)c1=O. The van der Waals surface area contributed by atoms with Gasteiger partial charge in [-0.2, -0.15) is 0 Å². The molecule has 0 N–H and O–H groups in total. The Morgan fingerprint density at radius 2 is 1.85 bits per heavy atom. The van der Waals surface area contributed by atoms with Gasteiger partial charge in [0.1, 0.15) is 0 Å². The second kappa shape index (κ2) is 6.48. The summed E-state index contributed by atoms with van der Waals surface area (Å²) in [4.78, 5) is 25.8. The van der Waals surface area contributed by atoms with Crippen LogP contribution in [0.4, 0.5) is 0 Å². The summed E-state index contributed by atoms with van der Waals surface area (Å²) in [6.45, 7) is 7.53. The summed E-state index contributed by atoms with van der Waals surface area (Å²) < 4.78 is 1.71. The van der Waals surface area contributed by atoms with E-state index < -0.39 is 0 Å². The quantitative estimate of drug-likeness (QED) is 0.756. The van der Waals surface area contributed by atoms with E-state index in [1.165, 1.54) is 0 Å². The van der Waals surface area contributed by atoms with Crippen molar-refractivity contribution in [1.82, 2.24) is 9.47 Å². The number of likely N-dealkylation sites (N-methyl/N-ethyl adjacent to an activating group) is 1. The molecule has 0 unspecified atom stereocenters. The van der Waals surface area contributed by atoms with Gasteiger partial charge in [0, 0.05) is 18.7 Å². The van der Waals surface area contributed by atoms with Crippen LogP contribution in [0.25, 0.3) is 11.3 Å². The zero-order chi connectivity index (χ0) is 14.5. The highest BCUT2D eigenvalue weighted by Crippen LogP contribution is 2.22. The third kappa shape index (κ3) is 2.65. The zero-order valence-electron chi connectivity index (χ0n) is 12.0. The molecule has 106 valence electrons. The van der Waals surface area contributed by atoms with E-state index in [1.807, 2.05) is 30.3 Å². The molecule has 0 amide bonds. The molecule has 0 aromatic carbocycles. The van der Waals surface area contributed by atoms with Crippen molar-refractivity contribution in [3.05, 3.63) is 46.2 Å². The number of nitrogens with zero attached hydrogens (tertiary/aromatic N) is 2. The molecular weight excluding hydrogens is 252 g/mol. The Balaban J connectivity index is 2.42. The zero-order valence-corrected chi connectivity index (χ0v) is 12.0. The van der Waals surface area contributed by atoms with Crippen LogP contribution in [0.3, 0.4) is 0 Å². The van der Waals surface area contributed by atoms with Crippen LogP contribution in [0, 0.1) is 0 Å². The van der Waals surface area contributed by atoms with E-state index in [4.69, 9.17) is 0 Å². The van der Waals surface area contributed by atoms with Crippen molar-refractivity contribution in [2.45, 2.75) is 20.4 Å². The Kier molecular flexibility index (Phi) is 4.69. The number of hydrogen-bond acceptors (Lipinski definition) is 3. The molecule has 1 aliphatic heterocycles. The second-order valence-corrected chi connectivity index (χ2v) is 4.72. The molecule has 0 aromatic heterocycles. The lowest BCUT2D eigenvalue weighted by Gasteiger charge is -2.18. The predicted octanol–water partition coefficient (Wildman–Crippen LogP) is 2.11. The lowest BCUT2D eigenvalue weighted by Crippen LogP contribution is -2.30. The lowest BCUT2D eigenvalue weighted by molar-refractivity contribution is 0.112. The van der Waals surface area contributed by atoms with Crippen LogP contribution < -0.4 is 5.56 Å². The van der Waals surface area contributed by atoms with Crippen LogP contribution in [0.2, 0.25) is 0 Å². The number of hydrogen-bond donors (Lipinski definition) is 0. The molecule has 0 bridgehead atoms. The number of rotatable bonds is 6. The molecule has 4 nitrogen and oxygen atoms in total. The minimum Gasteiger partial charge on any atom is -0.306 e. The molecule has 0 spiro atoms. The van der Waals surface area contributed by atoms with Gasteiger partial charge >= 0.3 is 0 Å². The molecule has 0 radical (unpaired) electrons. The maximum atomic E-state index is 12.3. The van der Waals surface area contributed by atoms with Gasteiger partial charge in [0.25, 0.3) is 5.56 Å². The Morgan fingerprint density at radius 1 is 1.15 bits per heavy atom. The summed E-state index contributed by atoms with van der Waals surface area (Å²) in [6, 6.07) is 9.36. The minimum absolute atomic E-state index is 0.187. The number of fused-ring (bicyclic) bond motifs is 1. The van der Waals surface area contributed by atoms with Crippen LogP contribution in [0.15, 0.2) is 35.1 Å². The number of aromatic nitrogens is 1. The van der Waals surface area contributed by atoms with Crippen molar-refractivity contribution in [3.63, 3.8) is 0 Å². The summed E-state index contributed by atoms with van der Waals surface area (Å²) in [6.07, 6.45) is 0.665. The summed E-state index contributed by atoms with van der Waals surface area (Å²) in [5.74, 6) is 0. The van der Waals surface area contributed by atoms with E-state index >= 15 is 0 Å². The van der Waals surface area contributed by atoms with Crippen molar-refractivity contribution < 1.29 is 4.79 Å².